The van der Waals surface area contributed by atoms with Gasteiger partial charge in [0.05, 0.1) is 17.1 Å². The van der Waals surface area contributed by atoms with E-state index in [9.17, 15) is 4.79 Å². The van der Waals surface area contributed by atoms with E-state index in [4.69, 9.17) is 5.73 Å². The van der Waals surface area contributed by atoms with E-state index in [1.54, 1.807) is 0 Å². The number of nitrogens with two attached hydrogens (primary N) is 1. The van der Waals surface area contributed by atoms with Crippen molar-refractivity contribution < 1.29 is 4.79 Å². The first kappa shape index (κ1) is 20.7. The molecule has 1 aliphatic rings. The van der Waals surface area contributed by atoms with Gasteiger partial charge in [0.25, 0.3) is 0 Å². The number of amides is 1. The summed E-state index contributed by atoms with van der Waals surface area (Å²) < 4.78 is 0. The van der Waals surface area contributed by atoms with Crippen LogP contribution in [0.25, 0.3) is 22.2 Å². The molecule has 4 aromatic rings. The van der Waals surface area contributed by atoms with Gasteiger partial charge in [-0.2, -0.15) is 10.1 Å². The number of nitrogens with one attached hydrogen (secondary N) is 3. The molecule has 5 N–H and O–H groups in total. The largest absolute Gasteiger partial charge is 0.371 e. The summed E-state index contributed by atoms with van der Waals surface area (Å²) in [5.41, 5.74) is 9.45. The summed E-state index contributed by atoms with van der Waals surface area (Å²) in [7, 11) is 1.84. The van der Waals surface area contributed by atoms with Crippen molar-refractivity contribution in [2.75, 3.05) is 41.4 Å². The number of H-pyrrole nitrogens is 1. The van der Waals surface area contributed by atoms with E-state index in [0.717, 1.165) is 58.9 Å². The minimum Gasteiger partial charge on any atom is -0.371 e. The number of aromatic amines is 1. The number of anilines is 4. The Morgan fingerprint density at radius 3 is 2.82 bits per heavy atom. The van der Waals surface area contributed by atoms with Gasteiger partial charge in [-0.05, 0) is 37.1 Å². The Morgan fingerprint density at radius 2 is 2.00 bits per heavy atom. The van der Waals surface area contributed by atoms with Gasteiger partial charge in [-0.15, -0.1) is 0 Å². The van der Waals surface area contributed by atoms with Crippen molar-refractivity contribution in [2.45, 2.75) is 12.8 Å². The third-order valence-electron chi connectivity index (χ3n) is 5.98. The number of carbonyl (C=O) groups excluding carboxylic acids is 1. The van der Waals surface area contributed by atoms with Gasteiger partial charge in [0, 0.05) is 42.8 Å². The zero-order valence-corrected chi connectivity index (χ0v) is 18.4. The molecule has 0 unspecified atom stereocenters. The summed E-state index contributed by atoms with van der Waals surface area (Å²) in [6, 6.07) is 17.5. The van der Waals surface area contributed by atoms with Crippen LogP contribution in [0.15, 0.2) is 54.6 Å². The lowest BCUT2D eigenvalue weighted by atomic mass is 9.97. The second-order valence-corrected chi connectivity index (χ2v) is 8.19. The fraction of sp³-hybridized carbons (Fsp3) is 0.250. The third kappa shape index (κ3) is 4.30. The number of hydrogen-bond donors (Lipinski definition) is 4. The van der Waals surface area contributed by atoms with E-state index in [1.807, 2.05) is 61.6 Å². The number of fused-ring (bicyclic) bond motifs is 1. The molecule has 0 spiro atoms. The van der Waals surface area contributed by atoms with Gasteiger partial charge in [-0.1, -0.05) is 24.3 Å². The molecule has 2 aromatic carbocycles. The van der Waals surface area contributed by atoms with Gasteiger partial charge >= 0.3 is 0 Å². The molecule has 9 nitrogen and oxygen atoms in total. The smallest absolute Gasteiger partial charge is 0.229 e. The van der Waals surface area contributed by atoms with Gasteiger partial charge in [0.1, 0.15) is 5.82 Å². The van der Waals surface area contributed by atoms with E-state index >= 15 is 0 Å². The van der Waals surface area contributed by atoms with Crippen LogP contribution in [0.1, 0.15) is 12.8 Å². The summed E-state index contributed by atoms with van der Waals surface area (Å²) in [6.07, 6.45) is 1.74. The van der Waals surface area contributed by atoms with E-state index in [2.05, 4.69) is 35.7 Å². The van der Waals surface area contributed by atoms with Crippen LogP contribution in [-0.2, 0) is 4.79 Å². The van der Waals surface area contributed by atoms with Crippen molar-refractivity contribution in [2.24, 2.45) is 5.92 Å². The molecular formula is C24H26N8O. The van der Waals surface area contributed by atoms with Crippen LogP contribution < -0.4 is 21.3 Å². The van der Waals surface area contributed by atoms with Gasteiger partial charge in [0.2, 0.25) is 11.9 Å². The number of benzene rings is 2. The predicted octanol–water partition coefficient (Wildman–Crippen LogP) is 3.50. The molecule has 2 aromatic heterocycles. The topological polar surface area (TPSA) is 125 Å². The minimum absolute atomic E-state index is 0.0261. The maximum Gasteiger partial charge on any atom is 0.229 e. The number of nitrogens with zero attached hydrogens (tertiary/aromatic N) is 4. The maximum absolute atomic E-state index is 12.8. The number of piperidine rings is 1. The third-order valence-corrected chi connectivity index (χ3v) is 5.98. The van der Waals surface area contributed by atoms with Gasteiger partial charge in [0.15, 0.2) is 5.82 Å². The lowest BCUT2D eigenvalue weighted by Crippen LogP contribution is -2.41. The van der Waals surface area contributed by atoms with Crippen LogP contribution in [0.5, 0.6) is 0 Å². The highest BCUT2D eigenvalue weighted by Gasteiger charge is 2.27. The van der Waals surface area contributed by atoms with Gasteiger partial charge < -0.3 is 21.3 Å². The molecular weight excluding hydrogens is 416 g/mol. The Bertz CT molecular complexity index is 1290. The maximum atomic E-state index is 12.8. The highest BCUT2D eigenvalue weighted by molar-refractivity contribution is 5.93. The Kier molecular flexibility index (Phi) is 5.52. The SMILES string of the molecule is CNc1n[nH]c2cc(-c3cc(N4CCC[C@H](C(=O)Nc5ccccc5)C4)nc(N)n3)ccc12. The van der Waals surface area contributed by atoms with Crippen LogP contribution in [0.3, 0.4) is 0 Å². The van der Waals surface area contributed by atoms with E-state index in [1.165, 1.54) is 0 Å². The van der Waals surface area contributed by atoms with Gasteiger partial charge in [-0.3, -0.25) is 9.89 Å². The first-order valence-electron chi connectivity index (χ1n) is 11.0. The summed E-state index contributed by atoms with van der Waals surface area (Å²) in [4.78, 5) is 23.9. The zero-order chi connectivity index (χ0) is 22.8. The zero-order valence-electron chi connectivity index (χ0n) is 18.4. The molecule has 3 heterocycles. The predicted molar refractivity (Wildman–Crippen MR) is 131 cm³/mol. The lowest BCUT2D eigenvalue weighted by molar-refractivity contribution is -0.120. The quantitative estimate of drug-likeness (QED) is 0.373. The first-order chi connectivity index (χ1) is 16.1. The summed E-state index contributed by atoms with van der Waals surface area (Å²) in [6.45, 7) is 1.40. The average molecular weight is 443 g/mol. The minimum atomic E-state index is -0.125. The molecule has 9 heteroatoms. The number of hydrogen-bond acceptors (Lipinski definition) is 7. The second-order valence-electron chi connectivity index (χ2n) is 8.19. The lowest BCUT2D eigenvalue weighted by Gasteiger charge is -2.33. The first-order valence-corrected chi connectivity index (χ1v) is 11.0. The van der Waals surface area contributed by atoms with Crippen LogP contribution in [0.4, 0.5) is 23.3 Å². The Balaban J connectivity index is 1.37. The van der Waals surface area contributed by atoms with Crippen molar-refractivity contribution in [3.05, 3.63) is 54.6 Å². The normalized spacial score (nSPS) is 16.0. The van der Waals surface area contributed by atoms with Crippen molar-refractivity contribution in [3.63, 3.8) is 0 Å². The Morgan fingerprint density at radius 1 is 1.15 bits per heavy atom. The van der Waals surface area contributed by atoms with Crippen LogP contribution in [0, 0.1) is 5.92 Å². The van der Waals surface area contributed by atoms with Gasteiger partial charge in [-0.25, -0.2) is 4.98 Å². The molecule has 5 rings (SSSR count). The summed E-state index contributed by atoms with van der Waals surface area (Å²) in [5.74, 6) is 1.64. The molecule has 0 bridgehead atoms. The highest BCUT2D eigenvalue weighted by Crippen LogP contribution is 2.30. The van der Waals surface area contributed by atoms with Crippen molar-refractivity contribution in [3.8, 4) is 11.3 Å². The van der Waals surface area contributed by atoms with E-state index in [0.29, 0.717) is 6.54 Å². The van der Waals surface area contributed by atoms with Crippen LogP contribution in [-0.4, -0.2) is 46.2 Å². The fourth-order valence-electron chi connectivity index (χ4n) is 4.30. The Labute approximate surface area is 191 Å². The Hall–Kier alpha value is -4.14. The summed E-state index contributed by atoms with van der Waals surface area (Å²) >= 11 is 0. The van der Waals surface area contributed by atoms with Crippen LogP contribution >= 0.6 is 0 Å². The number of aromatic nitrogens is 4. The molecule has 0 aliphatic carbocycles. The molecule has 1 aliphatic heterocycles. The number of nitrogen functional groups attached to an aromatic ring is 1. The standard InChI is InChI=1S/C24H26N8O/c1-26-22-18-10-9-15(12-20(18)30-31-22)19-13-21(29-24(25)28-19)32-11-5-6-16(14-32)23(33)27-17-7-3-2-4-8-17/h2-4,7-10,12-13,16H,5-6,11,14H2,1H3,(H,27,33)(H2,25,28,29)(H2,26,30,31)/t16-/m0/s1. The molecule has 0 radical (unpaired) electrons. The monoisotopic (exact) mass is 442 g/mol. The molecule has 168 valence electrons. The van der Waals surface area contributed by atoms with Crippen molar-refractivity contribution >= 4 is 40.1 Å². The molecule has 1 fully saturated rings. The molecule has 1 saturated heterocycles. The molecule has 33 heavy (non-hydrogen) atoms. The van der Waals surface area contributed by atoms with Crippen molar-refractivity contribution in [1.82, 2.24) is 20.2 Å². The van der Waals surface area contributed by atoms with E-state index < -0.39 is 0 Å². The molecule has 1 atom stereocenters. The fourth-order valence-corrected chi connectivity index (χ4v) is 4.30. The summed E-state index contributed by atoms with van der Waals surface area (Å²) in [5, 5.41) is 14.4. The number of rotatable bonds is 5. The second kappa shape index (κ2) is 8.78. The average Bonchev–Trinajstić information content (AvgIpc) is 3.27. The van der Waals surface area contributed by atoms with Crippen molar-refractivity contribution in [1.29, 1.82) is 0 Å². The number of carbonyl (C=O) groups is 1. The molecule has 1 amide bonds. The molecule has 0 saturated carbocycles. The van der Waals surface area contributed by atoms with Crippen LogP contribution in [0.2, 0.25) is 0 Å². The highest BCUT2D eigenvalue weighted by atomic mass is 16.1. The van der Waals surface area contributed by atoms with E-state index in [-0.39, 0.29) is 17.8 Å². The number of para-hydroxylation sites is 1.